The van der Waals surface area contributed by atoms with Gasteiger partial charge in [0.15, 0.2) is 0 Å². The van der Waals surface area contributed by atoms with Gasteiger partial charge in [0.05, 0.1) is 0 Å². The first kappa shape index (κ1) is 14.4. The fraction of sp³-hybridized carbons (Fsp3) is 0.941. The molecule has 3 heteroatoms. The lowest BCUT2D eigenvalue weighted by molar-refractivity contribution is -0.131. The van der Waals surface area contributed by atoms with E-state index in [1.165, 1.54) is 58.0 Å². The lowest BCUT2D eigenvalue weighted by Crippen LogP contribution is -2.33. The van der Waals surface area contributed by atoms with Gasteiger partial charge in [-0.1, -0.05) is 32.1 Å². The molecule has 3 nitrogen and oxygen atoms in total. The average Bonchev–Trinajstić information content (AvgIpc) is 2.84. The van der Waals surface area contributed by atoms with Crippen molar-refractivity contribution in [3.05, 3.63) is 0 Å². The molecule has 3 fully saturated rings. The van der Waals surface area contributed by atoms with Gasteiger partial charge in [-0.2, -0.15) is 0 Å². The lowest BCUT2D eigenvalue weighted by Gasteiger charge is -2.24. The Morgan fingerprint density at radius 3 is 2.25 bits per heavy atom. The van der Waals surface area contributed by atoms with Crippen molar-refractivity contribution in [1.82, 2.24) is 10.2 Å². The standard InChI is InChI=1S/C17H30N2O/c20-17(7-6-14-4-2-1-3-5-14)19-10-8-15-12-18-13-16(15)9-11-19/h14-16,18H,1-13H2/t15-,16+. The monoisotopic (exact) mass is 278 g/mol. The van der Waals surface area contributed by atoms with E-state index >= 15 is 0 Å². The molecule has 1 saturated carbocycles. The minimum Gasteiger partial charge on any atom is -0.343 e. The molecule has 1 N–H and O–H groups in total. The second-order valence-electron chi connectivity index (χ2n) is 7.18. The Hall–Kier alpha value is -0.570. The Morgan fingerprint density at radius 2 is 1.60 bits per heavy atom. The lowest BCUT2D eigenvalue weighted by atomic mass is 9.86. The number of amides is 1. The van der Waals surface area contributed by atoms with Gasteiger partial charge in [0.2, 0.25) is 5.91 Å². The first-order valence-corrected chi connectivity index (χ1v) is 8.81. The van der Waals surface area contributed by atoms with Gasteiger partial charge in [0.25, 0.3) is 0 Å². The van der Waals surface area contributed by atoms with Gasteiger partial charge in [-0.25, -0.2) is 0 Å². The van der Waals surface area contributed by atoms with Crippen LogP contribution in [0.4, 0.5) is 0 Å². The van der Waals surface area contributed by atoms with Crippen molar-refractivity contribution < 1.29 is 4.79 Å². The normalized spacial score (nSPS) is 31.9. The maximum Gasteiger partial charge on any atom is 0.222 e. The molecule has 3 rings (SSSR count). The van der Waals surface area contributed by atoms with Gasteiger partial charge in [0, 0.05) is 19.5 Å². The molecule has 0 aromatic rings. The van der Waals surface area contributed by atoms with E-state index in [1.807, 2.05) is 0 Å². The predicted octanol–water partition coefficient (Wildman–Crippen LogP) is 2.80. The van der Waals surface area contributed by atoms with Crippen molar-refractivity contribution in [1.29, 1.82) is 0 Å². The molecule has 2 heterocycles. The van der Waals surface area contributed by atoms with Crippen LogP contribution in [0.3, 0.4) is 0 Å². The number of carbonyl (C=O) groups is 1. The number of nitrogens with zero attached hydrogens (tertiary/aromatic N) is 1. The molecule has 3 aliphatic rings. The zero-order valence-electron chi connectivity index (χ0n) is 12.8. The van der Waals surface area contributed by atoms with Crippen LogP contribution in [0.2, 0.25) is 0 Å². The maximum absolute atomic E-state index is 12.4. The summed E-state index contributed by atoms with van der Waals surface area (Å²) in [5.41, 5.74) is 0. The summed E-state index contributed by atoms with van der Waals surface area (Å²) >= 11 is 0. The summed E-state index contributed by atoms with van der Waals surface area (Å²) in [6, 6.07) is 0. The number of hydrogen-bond acceptors (Lipinski definition) is 2. The fourth-order valence-corrected chi connectivity index (χ4v) is 4.43. The summed E-state index contributed by atoms with van der Waals surface area (Å²) in [7, 11) is 0. The Morgan fingerprint density at radius 1 is 0.950 bits per heavy atom. The molecule has 0 spiro atoms. The number of likely N-dealkylation sites (tertiary alicyclic amines) is 1. The van der Waals surface area contributed by atoms with Crippen LogP contribution in [0, 0.1) is 17.8 Å². The number of hydrogen-bond donors (Lipinski definition) is 1. The van der Waals surface area contributed by atoms with Gasteiger partial charge < -0.3 is 10.2 Å². The molecular formula is C17H30N2O. The van der Waals surface area contributed by atoms with E-state index in [2.05, 4.69) is 10.2 Å². The molecule has 2 atom stereocenters. The van der Waals surface area contributed by atoms with E-state index in [9.17, 15) is 4.79 Å². The summed E-state index contributed by atoms with van der Waals surface area (Å²) in [5.74, 6) is 2.92. The molecule has 0 unspecified atom stereocenters. The summed E-state index contributed by atoms with van der Waals surface area (Å²) in [6.45, 7) is 4.36. The van der Waals surface area contributed by atoms with Gasteiger partial charge in [-0.05, 0) is 50.1 Å². The Labute approximate surface area is 123 Å². The van der Waals surface area contributed by atoms with Crippen molar-refractivity contribution in [2.24, 2.45) is 17.8 Å². The molecule has 0 radical (unpaired) electrons. The fourth-order valence-electron chi connectivity index (χ4n) is 4.43. The highest BCUT2D eigenvalue weighted by molar-refractivity contribution is 5.76. The Kier molecular flexibility index (Phi) is 4.98. The van der Waals surface area contributed by atoms with Crippen molar-refractivity contribution >= 4 is 5.91 Å². The third kappa shape index (κ3) is 3.55. The van der Waals surface area contributed by atoms with Crippen molar-refractivity contribution in [3.8, 4) is 0 Å². The van der Waals surface area contributed by atoms with Crippen LogP contribution in [-0.4, -0.2) is 37.0 Å². The summed E-state index contributed by atoms with van der Waals surface area (Å²) in [4.78, 5) is 14.6. The minimum absolute atomic E-state index is 0.434. The molecule has 1 amide bonds. The zero-order chi connectivity index (χ0) is 13.8. The van der Waals surface area contributed by atoms with Gasteiger partial charge >= 0.3 is 0 Å². The van der Waals surface area contributed by atoms with Crippen LogP contribution in [-0.2, 0) is 4.79 Å². The molecule has 0 aromatic carbocycles. The second-order valence-corrected chi connectivity index (χ2v) is 7.18. The zero-order valence-corrected chi connectivity index (χ0v) is 12.8. The Balaban J connectivity index is 1.42. The second kappa shape index (κ2) is 6.93. The molecule has 114 valence electrons. The summed E-state index contributed by atoms with van der Waals surface area (Å²) < 4.78 is 0. The third-order valence-electron chi connectivity index (χ3n) is 5.86. The maximum atomic E-state index is 12.4. The van der Waals surface area contributed by atoms with Crippen molar-refractivity contribution in [3.63, 3.8) is 0 Å². The summed E-state index contributed by atoms with van der Waals surface area (Å²) in [6.07, 6.45) is 11.3. The van der Waals surface area contributed by atoms with Crippen LogP contribution in [0.1, 0.15) is 57.8 Å². The SMILES string of the molecule is O=C(CCC1CCCCC1)N1CC[C@@H]2CNC[C@@H]2CC1. The van der Waals surface area contributed by atoms with Crippen LogP contribution < -0.4 is 5.32 Å². The topological polar surface area (TPSA) is 32.3 Å². The minimum atomic E-state index is 0.434. The smallest absolute Gasteiger partial charge is 0.222 e. The highest BCUT2D eigenvalue weighted by atomic mass is 16.2. The summed E-state index contributed by atoms with van der Waals surface area (Å²) in [5, 5.41) is 3.50. The number of nitrogens with one attached hydrogen (secondary N) is 1. The first-order valence-electron chi connectivity index (χ1n) is 8.81. The largest absolute Gasteiger partial charge is 0.343 e. The quantitative estimate of drug-likeness (QED) is 0.861. The first-order chi connectivity index (χ1) is 9.83. The van der Waals surface area contributed by atoms with E-state index in [4.69, 9.17) is 0 Å². The van der Waals surface area contributed by atoms with E-state index < -0.39 is 0 Å². The molecular weight excluding hydrogens is 248 g/mol. The van der Waals surface area contributed by atoms with Crippen LogP contribution in [0.15, 0.2) is 0 Å². The molecule has 1 aliphatic carbocycles. The van der Waals surface area contributed by atoms with Crippen LogP contribution in [0.25, 0.3) is 0 Å². The van der Waals surface area contributed by atoms with E-state index in [0.29, 0.717) is 5.91 Å². The predicted molar refractivity (Wildman–Crippen MR) is 81.5 cm³/mol. The highest BCUT2D eigenvalue weighted by Gasteiger charge is 2.31. The molecule has 0 aromatic heterocycles. The number of fused-ring (bicyclic) bond motifs is 1. The van der Waals surface area contributed by atoms with Gasteiger partial charge in [-0.15, -0.1) is 0 Å². The average molecular weight is 278 g/mol. The van der Waals surface area contributed by atoms with Gasteiger partial charge in [-0.3, -0.25) is 4.79 Å². The van der Waals surface area contributed by atoms with E-state index in [-0.39, 0.29) is 0 Å². The number of carbonyl (C=O) groups excluding carboxylic acids is 1. The van der Waals surface area contributed by atoms with Gasteiger partial charge in [0.1, 0.15) is 0 Å². The molecule has 2 saturated heterocycles. The Bertz CT molecular complexity index is 311. The molecule has 2 aliphatic heterocycles. The van der Waals surface area contributed by atoms with Crippen LogP contribution >= 0.6 is 0 Å². The van der Waals surface area contributed by atoms with Crippen molar-refractivity contribution in [2.75, 3.05) is 26.2 Å². The molecule has 20 heavy (non-hydrogen) atoms. The molecule has 0 bridgehead atoms. The third-order valence-corrected chi connectivity index (χ3v) is 5.86. The van der Waals surface area contributed by atoms with E-state index in [0.717, 1.165) is 43.7 Å². The van der Waals surface area contributed by atoms with E-state index in [1.54, 1.807) is 0 Å². The van der Waals surface area contributed by atoms with Crippen LogP contribution in [0.5, 0.6) is 0 Å². The van der Waals surface area contributed by atoms with Crippen molar-refractivity contribution in [2.45, 2.75) is 57.8 Å². The highest BCUT2D eigenvalue weighted by Crippen LogP contribution is 2.29. The number of rotatable bonds is 3.